The van der Waals surface area contributed by atoms with E-state index in [0.29, 0.717) is 5.39 Å². The maximum Gasteiger partial charge on any atom is 2.00 e. The molecule has 0 aliphatic rings. The van der Waals surface area contributed by atoms with Crippen LogP contribution < -0.4 is 0 Å². The van der Waals surface area contributed by atoms with Crippen LogP contribution >= 0.6 is 0 Å². The Morgan fingerprint density at radius 1 is 1.08 bits per heavy atom. The maximum atomic E-state index is 12.3. The minimum Gasteiger partial charge on any atom is -1.00 e. The Bertz CT molecular complexity index is 838. The van der Waals surface area contributed by atoms with Gasteiger partial charge in [-0.15, -0.1) is 0 Å². The van der Waals surface area contributed by atoms with Crippen molar-refractivity contribution < 1.29 is 31.8 Å². The van der Waals surface area contributed by atoms with Crippen LogP contribution in [0.4, 0.5) is 0 Å². The Labute approximate surface area is 163 Å². The smallest absolute Gasteiger partial charge is 1.00 e. The van der Waals surface area contributed by atoms with Crippen LogP contribution in [0.5, 0.6) is 0 Å². The third-order valence-corrected chi connectivity index (χ3v) is 3.26. The Kier molecular flexibility index (Phi) is 7.60. The number of esters is 2. The molecule has 0 spiro atoms. The topological polar surface area (TPSA) is 89.9 Å². The van der Waals surface area contributed by atoms with Gasteiger partial charge in [0.15, 0.2) is 0 Å². The third kappa shape index (κ3) is 5.04. The largest absolute Gasteiger partial charge is 2.00 e. The van der Waals surface area contributed by atoms with Gasteiger partial charge in [-0.25, -0.2) is 14.4 Å². The van der Waals surface area contributed by atoms with E-state index in [1.807, 2.05) is 0 Å². The van der Waals surface area contributed by atoms with Gasteiger partial charge in [0.1, 0.15) is 13.2 Å². The summed E-state index contributed by atoms with van der Waals surface area (Å²) in [6.07, 6.45) is 0. The number of carboxylic acid groups (broad SMARTS) is 1. The Balaban J connectivity index is 0. The van der Waals surface area contributed by atoms with E-state index in [4.69, 9.17) is 9.47 Å². The first-order valence-electron chi connectivity index (χ1n) is 7.16. The van der Waals surface area contributed by atoms with Crippen LogP contribution in [-0.2, 0) is 14.3 Å². The molecule has 0 amide bonds. The molecular weight excluding hydrogens is 336 g/mol. The van der Waals surface area contributed by atoms with Crippen LogP contribution in [0.15, 0.2) is 48.6 Å². The van der Waals surface area contributed by atoms with Gasteiger partial charge in [-0.3, -0.25) is 0 Å². The Morgan fingerprint density at radius 2 is 1.72 bits per heavy atom. The van der Waals surface area contributed by atoms with Crippen molar-refractivity contribution in [1.82, 2.24) is 0 Å². The van der Waals surface area contributed by atoms with E-state index < -0.39 is 17.9 Å². The number of carbonyl (C=O) groups excluding carboxylic acids is 2. The monoisotopic (exact) mass is 354 g/mol. The van der Waals surface area contributed by atoms with Crippen LogP contribution in [0, 0.1) is 0 Å². The molecule has 7 heteroatoms. The van der Waals surface area contributed by atoms with Crippen molar-refractivity contribution >= 4 is 51.7 Å². The fourth-order valence-corrected chi connectivity index (χ4v) is 2.13. The van der Waals surface area contributed by atoms with E-state index in [2.05, 4.69) is 6.58 Å². The number of carboxylic acids is 1. The normalized spacial score (nSPS) is 9.80. The number of ether oxygens (including phenoxy) is 2. The number of rotatable bonds is 6. The fraction of sp³-hybridized carbons (Fsp3) is 0.167. The van der Waals surface area contributed by atoms with Gasteiger partial charge in [-0.1, -0.05) is 36.9 Å². The first-order chi connectivity index (χ1) is 11.4. The molecule has 0 saturated heterocycles. The first kappa shape index (κ1) is 20.7. The van der Waals surface area contributed by atoms with Crippen molar-refractivity contribution in [2.45, 2.75) is 6.92 Å². The predicted molar refractivity (Wildman–Crippen MR) is 94.9 cm³/mol. The van der Waals surface area contributed by atoms with Crippen molar-refractivity contribution in [3.05, 3.63) is 59.7 Å². The second-order valence-electron chi connectivity index (χ2n) is 5.07. The van der Waals surface area contributed by atoms with E-state index in [0.717, 1.165) is 5.39 Å². The van der Waals surface area contributed by atoms with E-state index >= 15 is 0 Å². The molecule has 25 heavy (non-hydrogen) atoms. The van der Waals surface area contributed by atoms with E-state index in [9.17, 15) is 19.5 Å². The predicted octanol–water partition coefficient (Wildman–Crippen LogP) is 2.66. The number of aromatic carboxylic acids is 1. The maximum absolute atomic E-state index is 12.3. The molecule has 2 rings (SSSR count). The summed E-state index contributed by atoms with van der Waals surface area (Å²) in [5, 5.41) is 10.5. The van der Waals surface area contributed by atoms with Crippen LogP contribution in [0.25, 0.3) is 10.8 Å². The second-order valence-corrected chi connectivity index (χ2v) is 5.07. The average Bonchev–Trinajstić information content (AvgIpc) is 2.56. The van der Waals surface area contributed by atoms with E-state index in [1.165, 1.54) is 13.0 Å². The summed E-state index contributed by atoms with van der Waals surface area (Å²) in [5.74, 6) is -2.58. The molecule has 2 aromatic rings. The summed E-state index contributed by atoms with van der Waals surface area (Å²) < 4.78 is 9.87. The minimum atomic E-state index is -1.22. The Morgan fingerprint density at radius 3 is 2.36 bits per heavy atom. The minimum absolute atomic E-state index is 0. The molecular formula is C18H18MgO6. The van der Waals surface area contributed by atoms with Gasteiger partial charge in [-0.05, 0) is 23.8 Å². The van der Waals surface area contributed by atoms with Crippen LogP contribution in [-0.4, -0.2) is 59.3 Å². The number of fused-ring (bicyclic) bond motifs is 1. The van der Waals surface area contributed by atoms with Gasteiger partial charge in [-0.2, -0.15) is 0 Å². The number of carbonyl (C=O) groups is 3. The summed E-state index contributed by atoms with van der Waals surface area (Å²) in [4.78, 5) is 34.9. The molecule has 2 aromatic carbocycles. The molecule has 0 radical (unpaired) electrons. The number of hydrogen-bond donors (Lipinski definition) is 1. The van der Waals surface area contributed by atoms with Crippen molar-refractivity contribution in [2.24, 2.45) is 0 Å². The van der Waals surface area contributed by atoms with Gasteiger partial charge in [0, 0.05) is 5.57 Å². The summed E-state index contributed by atoms with van der Waals surface area (Å²) in [6, 6.07) is 9.91. The molecule has 0 aromatic heterocycles. The SMILES string of the molecule is C=C(C)C(=O)OCCOC(=O)c1c(C(=O)O)ccc2ccccc12.[H-].[H-].[Mg+2]. The van der Waals surface area contributed by atoms with Crippen molar-refractivity contribution in [3.63, 3.8) is 0 Å². The van der Waals surface area contributed by atoms with Gasteiger partial charge in [0.05, 0.1) is 11.1 Å². The van der Waals surface area contributed by atoms with Crippen LogP contribution in [0.3, 0.4) is 0 Å². The fourth-order valence-electron chi connectivity index (χ4n) is 2.13. The molecule has 0 bridgehead atoms. The molecule has 0 heterocycles. The first-order valence-corrected chi connectivity index (χ1v) is 7.16. The van der Waals surface area contributed by atoms with E-state index in [1.54, 1.807) is 30.3 Å². The van der Waals surface area contributed by atoms with Gasteiger partial charge < -0.3 is 17.4 Å². The zero-order chi connectivity index (χ0) is 17.7. The zero-order valence-electron chi connectivity index (χ0n) is 15.8. The summed E-state index contributed by atoms with van der Waals surface area (Å²) in [6.45, 7) is 4.62. The van der Waals surface area contributed by atoms with Gasteiger partial charge >= 0.3 is 41.0 Å². The molecule has 0 aliphatic carbocycles. The quantitative estimate of drug-likeness (QED) is 0.371. The number of benzene rings is 2. The second kappa shape index (κ2) is 9.19. The Hall–Kier alpha value is -2.38. The number of hydrogen-bond acceptors (Lipinski definition) is 5. The van der Waals surface area contributed by atoms with Gasteiger partial charge in [0.25, 0.3) is 0 Å². The molecule has 0 saturated carbocycles. The summed E-state index contributed by atoms with van der Waals surface area (Å²) >= 11 is 0. The standard InChI is InChI=1S/C18H16O6.Mg.2H/c1-11(2)17(21)23-9-10-24-18(22)15-13-6-4-3-5-12(13)7-8-14(15)16(19)20;;;/h3-8H,1,9-10H2,2H3,(H,19,20);;;/q;+2;2*-1. The molecule has 0 unspecified atom stereocenters. The summed E-state index contributed by atoms with van der Waals surface area (Å²) in [5.41, 5.74) is 0.0769. The zero-order valence-corrected chi connectivity index (χ0v) is 15.2. The third-order valence-electron chi connectivity index (χ3n) is 3.26. The molecule has 128 valence electrons. The van der Waals surface area contributed by atoms with Crippen molar-refractivity contribution in [2.75, 3.05) is 13.2 Å². The van der Waals surface area contributed by atoms with Crippen LogP contribution in [0.1, 0.15) is 30.5 Å². The van der Waals surface area contributed by atoms with E-state index in [-0.39, 0.29) is 55.8 Å². The molecule has 0 fully saturated rings. The van der Waals surface area contributed by atoms with Crippen molar-refractivity contribution in [3.8, 4) is 0 Å². The van der Waals surface area contributed by atoms with Crippen LogP contribution in [0.2, 0.25) is 0 Å². The van der Waals surface area contributed by atoms with Crippen molar-refractivity contribution in [1.29, 1.82) is 0 Å². The molecule has 1 N–H and O–H groups in total. The average molecular weight is 355 g/mol. The summed E-state index contributed by atoms with van der Waals surface area (Å²) in [7, 11) is 0. The molecule has 6 nitrogen and oxygen atoms in total. The molecule has 0 atom stereocenters. The molecule has 0 aliphatic heterocycles. The van der Waals surface area contributed by atoms with Gasteiger partial charge in [0.2, 0.25) is 0 Å².